The predicted octanol–water partition coefficient (Wildman–Crippen LogP) is 3.74. The molecule has 0 fully saturated rings. The van der Waals surface area contributed by atoms with E-state index in [1.807, 2.05) is 12.1 Å². The van der Waals surface area contributed by atoms with Crippen LogP contribution in [-0.4, -0.2) is 10.9 Å². The summed E-state index contributed by atoms with van der Waals surface area (Å²) in [5.41, 5.74) is 0.919. The van der Waals surface area contributed by atoms with Crippen LogP contribution < -0.4 is 5.32 Å². The molecule has 0 spiro atoms. The standard InChI is InChI=1S/C11H8BrClN2OS/c12-9-6-14-11(17-9)15-10(16)5-7-1-3-8(13)4-2-7/h1-4,6H,5H2,(H,14,15,16). The largest absolute Gasteiger partial charge is 0.302 e. The van der Waals surface area contributed by atoms with E-state index in [-0.39, 0.29) is 5.91 Å². The van der Waals surface area contributed by atoms with Crippen molar-refractivity contribution in [3.8, 4) is 0 Å². The zero-order valence-electron chi connectivity index (χ0n) is 8.61. The predicted molar refractivity (Wildman–Crippen MR) is 73.6 cm³/mol. The van der Waals surface area contributed by atoms with Crippen molar-refractivity contribution in [3.05, 3.63) is 44.8 Å². The Balaban J connectivity index is 1.95. The molecule has 1 heterocycles. The number of hydrogen-bond acceptors (Lipinski definition) is 3. The van der Waals surface area contributed by atoms with Gasteiger partial charge in [0.25, 0.3) is 0 Å². The average Bonchev–Trinajstić information content (AvgIpc) is 2.67. The number of aromatic nitrogens is 1. The van der Waals surface area contributed by atoms with Crippen molar-refractivity contribution in [2.75, 3.05) is 5.32 Å². The van der Waals surface area contributed by atoms with Gasteiger partial charge in [0.1, 0.15) is 0 Å². The van der Waals surface area contributed by atoms with Gasteiger partial charge in [-0.25, -0.2) is 4.98 Å². The molecule has 0 saturated heterocycles. The number of amides is 1. The summed E-state index contributed by atoms with van der Waals surface area (Å²) in [5, 5.41) is 3.99. The first-order valence-corrected chi connectivity index (χ1v) is 6.78. The molecule has 0 bridgehead atoms. The van der Waals surface area contributed by atoms with Crippen LogP contribution in [0.3, 0.4) is 0 Å². The van der Waals surface area contributed by atoms with Crippen LogP contribution in [-0.2, 0) is 11.2 Å². The van der Waals surface area contributed by atoms with Crippen LogP contribution in [0.1, 0.15) is 5.56 Å². The summed E-state index contributed by atoms with van der Waals surface area (Å²) in [6.45, 7) is 0. The van der Waals surface area contributed by atoms with Gasteiger partial charge in [-0.3, -0.25) is 4.79 Å². The maximum atomic E-state index is 11.7. The monoisotopic (exact) mass is 330 g/mol. The lowest BCUT2D eigenvalue weighted by Gasteiger charge is -2.01. The van der Waals surface area contributed by atoms with Gasteiger partial charge in [-0.15, -0.1) is 0 Å². The van der Waals surface area contributed by atoms with Gasteiger partial charge in [0.05, 0.1) is 16.4 Å². The van der Waals surface area contributed by atoms with Crippen LogP contribution >= 0.6 is 38.9 Å². The lowest BCUT2D eigenvalue weighted by molar-refractivity contribution is -0.115. The lowest BCUT2D eigenvalue weighted by Crippen LogP contribution is -2.13. The highest BCUT2D eigenvalue weighted by molar-refractivity contribution is 9.11. The van der Waals surface area contributed by atoms with E-state index in [0.29, 0.717) is 16.6 Å². The zero-order chi connectivity index (χ0) is 12.3. The highest BCUT2D eigenvalue weighted by atomic mass is 79.9. The number of carbonyl (C=O) groups is 1. The zero-order valence-corrected chi connectivity index (χ0v) is 11.8. The molecule has 0 saturated carbocycles. The maximum absolute atomic E-state index is 11.7. The fourth-order valence-corrected chi connectivity index (χ4v) is 2.51. The summed E-state index contributed by atoms with van der Waals surface area (Å²) in [4.78, 5) is 15.7. The molecule has 2 rings (SSSR count). The Morgan fingerprint density at radius 2 is 2.12 bits per heavy atom. The second-order valence-corrected chi connectivity index (χ2v) is 6.17. The third-order valence-electron chi connectivity index (χ3n) is 2.00. The van der Waals surface area contributed by atoms with E-state index in [1.54, 1.807) is 18.3 Å². The molecular weight excluding hydrogens is 324 g/mol. The third-order valence-corrected chi connectivity index (χ3v) is 3.65. The van der Waals surface area contributed by atoms with Crippen molar-refractivity contribution < 1.29 is 4.79 Å². The summed E-state index contributed by atoms with van der Waals surface area (Å²) in [7, 11) is 0. The number of nitrogens with one attached hydrogen (secondary N) is 1. The summed E-state index contributed by atoms with van der Waals surface area (Å²) < 4.78 is 0.888. The Morgan fingerprint density at radius 3 is 2.71 bits per heavy atom. The quantitative estimate of drug-likeness (QED) is 0.931. The lowest BCUT2D eigenvalue weighted by atomic mass is 10.1. The molecule has 1 amide bonds. The molecule has 0 aliphatic heterocycles. The molecule has 6 heteroatoms. The number of anilines is 1. The molecule has 1 aromatic heterocycles. The maximum Gasteiger partial charge on any atom is 0.230 e. The number of nitrogens with zero attached hydrogens (tertiary/aromatic N) is 1. The van der Waals surface area contributed by atoms with Crippen LogP contribution in [0.2, 0.25) is 5.02 Å². The van der Waals surface area contributed by atoms with Crippen molar-refractivity contribution in [1.82, 2.24) is 4.98 Å². The summed E-state index contributed by atoms with van der Waals surface area (Å²) in [6.07, 6.45) is 1.97. The van der Waals surface area contributed by atoms with E-state index in [1.165, 1.54) is 11.3 Å². The number of thiazole rings is 1. The van der Waals surface area contributed by atoms with Gasteiger partial charge in [0, 0.05) is 5.02 Å². The molecule has 0 radical (unpaired) electrons. The first-order valence-electron chi connectivity index (χ1n) is 4.79. The Kier molecular flexibility index (Phi) is 4.15. The number of rotatable bonds is 3. The van der Waals surface area contributed by atoms with Gasteiger partial charge in [-0.2, -0.15) is 0 Å². The highest BCUT2D eigenvalue weighted by Gasteiger charge is 2.06. The normalized spacial score (nSPS) is 10.2. The van der Waals surface area contributed by atoms with E-state index in [0.717, 1.165) is 9.35 Å². The van der Waals surface area contributed by atoms with Gasteiger partial charge in [-0.1, -0.05) is 35.1 Å². The van der Waals surface area contributed by atoms with Crippen molar-refractivity contribution in [3.63, 3.8) is 0 Å². The third kappa shape index (κ3) is 3.80. The minimum Gasteiger partial charge on any atom is -0.302 e. The number of hydrogen-bond donors (Lipinski definition) is 1. The smallest absolute Gasteiger partial charge is 0.230 e. The molecule has 0 aliphatic rings. The molecule has 1 N–H and O–H groups in total. The van der Waals surface area contributed by atoms with E-state index >= 15 is 0 Å². The van der Waals surface area contributed by atoms with Gasteiger partial charge < -0.3 is 5.32 Å². The molecule has 2 aromatic rings. The van der Waals surface area contributed by atoms with Crippen LogP contribution in [0.4, 0.5) is 5.13 Å². The number of halogens is 2. The topological polar surface area (TPSA) is 42.0 Å². The minimum atomic E-state index is -0.0887. The SMILES string of the molecule is O=C(Cc1ccc(Cl)cc1)Nc1ncc(Br)s1. The Morgan fingerprint density at radius 1 is 1.41 bits per heavy atom. The van der Waals surface area contributed by atoms with Crippen LogP contribution in [0.25, 0.3) is 0 Å². The first-order chi connectivity index (χ1) is 8.13. The minimum absolute atomic E-state index is 0.0887. The van der Waals surface area contributed by atoms with Crippen molar-refractivity contribution in [2.45, 2.75) is 6.42 Å². The Hall–Kier alpha value is -0.910. The van der Waals surface area contributed by atoms with Crippen molar-refractivity contribution >= 4 is 49.9 Å². The van der Waals surface area contributed by atoms with E-state index < -0.39 is 0 Å². The number of carbonyl (C=O) groups excluding carboxylic acids is 1. The molecule has 0 atom stereocenters. The van der Waals surface area contributed by atoms with E-state index in [9.17, 15) is 4.79 Å². The average molecular weight is 332 g/mol. The molecule has 3 nitrogen and oxygen atoms in total. The summed E-state index contributed by atoms with van der Waals surface area (Å²) in [5.74, 6) is -0.0887. The van der Waals surface area contributed by atoms with Gasteiger partial charge in [-0.05, 0) is 33.6 Å². The van der Waals surface area contributed by atoms with Gasteiger partial charge in [0.2, 0.25) is 5.91 Å². The fraction of sp³-hybridized carbons (Fsp3) is 0.0909. The van der Waals surface area contributed by atoms with Gasteiger partial charge in [0.15, 0.2) is 5.13 Å². The summed E-state index contributed by atoms with van der Waals surface area (Å²) >= 11 is 10.4. The van der Waals surface area contributed by atoms with Crippen molar-refractivity contribution in [1.29, 1.82) is 0 Å². The van der Waals surface area contributed by atoms with Crippen LogP contribution in [0.5, 0.6) is 0 Å². The second kappa shape index (κ2) is 5.62. The second-order valence-electron chi connectivity index (χ2n) is 3.32. The highest BCUT2D eigenvalue weighted by Crippen LogP contribution is 2.23. The molecule has 0 aliphatic carbocycles. The van der Waals surface area contributed by atoms with Crippen LogP contribution in [0.15, 0.2) is 34.2 Å². The number of benzene rings is 1. The molecule has 17 heavy (non-hydrogen) atoms. The molecular formula is C11H8BrClN2OS. The molecule has 88 valence electrons. The first kappa shape index (κ1) is 12.5. The molecule has 0 unspecified atom stereocenters. The van der Waals surface area contributed by atoms with E-state index in [2.05, 4.69) is 26.2 Å². The Labute approximate surface area is 116 Å². The summed E-state index contributed by atoms with van der Waals surface area (Å²) in [6, 6.07) is 7.20. The fourth-order valence-electron chi connectivity index (χ4n) is 1.26. The Bertz CT molecular complexity index is 527. The van der Waals surface area contributed by atoms with Crippen LogP contribution in [0, 0.1) is 0 Å². The van der Waals surface area contributed by atoms with Crippen molar-refractivity contribution in [2.24, 2.45) is 0 Å². The molecule has 1 aromatic carbocycles. The van der Waals surface area contributed by atoms with E-state index in [4.69, 9.17) is 11.6 Å². The van der Waals surface area contributed by atoms with Gasteiger partial charge >= 0.3 is 0 Å².